The van der Waals surface area contributed by atoms with E-state index >= 15 is 0 Å². The number of aryl methyl sites for hydroxylation is 1. The molecule has 0 saturated carbocycles. The Morgan fingerprint density at radius 2 is 1.90 bits per heavy atom. The van der Waals surface area contributed by atoms with E-state index in [2.05, 4.69) is 44.9 Å². The first kappa shape index (κ1) is 20.6. The zero-order chi connectivity index (χ0) is 20.5. The summed E-state index contributed by atoms with van der Waals surface area (Å²) >= 11 is 0. The second kappa shape index (κ2) is 10.4. The molecule has 1 aromatic heterocycles. The second-order valence-corrected chi connectivity index (χ2v) is 6.99. The number of nitrogens with one attached hydrogen (secondary N) is 2. The minimum atomic E-state index is -0.190. The van der Waals surface area contributed by atoms with Crippen LogP contribution in [0.15, 0.2) is 66.2 Å². The summed E-state index contributed by atoms with van der Waals surface area (Å²) in [5.74, 6) is 0.597. The molecule has 0 atom stereocenters. The molecule has 0 aliphatic rings. The van der Waals surface area contributed by atoms with E-state index in [1.54, 1.807) is 12.3 Å². The Hall–Kier alpha value is -3.15. The molecule has 0 aliphatic carbocycles. The predicted molar refractivity (Wildman–Crippen MR) is 115 cm³/mol. The van der Waals surface area contributed by atoms with Crippen LogP contribution in [0.3, 0.4) is 0 Å². The van der Waals surface area contributed by atoms with E-state index in [0.717, 1.165) is 48.7 Å². The molecular formula is C23H28FN5. The summed E-state index contributed by atoms with van der Waals surface area (Å²) in [5, 5.41) is 6.63. The van der Waals surface area contributed by atoms with E-state index in [1.807, 2.05) is 37.0 Å². The van der Waals surface area contributed by atoms with Crippen LogP contribution in [0.4, 0.5) is 4.39 Å². The lowest BCUT2D eigenvalue weighted by atomic mass is 10.1. The van der Waals surface area contributed by atoms with Gasteiger partial charge in [-0.2, -0.15) is 0 Å². The maximum absolute atomic E-state index is 13.2. The zero-order valence-corrected chi connectivity index (χ0v) is 17.0. The van der Waals surface area contributed by atoms with Gasteiger partial charge in [0.25, 0.3) is 0 Å². The highest BCUT2D eigenvalue weighted by Crippen LogP contribution is 2.10. The van der Waals surface area contributed by atoms with Gasteiger partial charge in [-0.05, 0) is 54.7 Å². The SMILES string of the molecule is CCNC(=NCc1ccc(Cn2ccnc2)cc1)NCCc1ccc(F)cc1C. The Morgan fingerprint density at radius 1 is 1.10 bits per heavy atom. The topological polar surface area (TPSA) is 54.2 Å². The van der Waals surface area contributed by atoms with Crippen molar-refractivity contribution < 1.29 is 4.39 Å². The average molecular weight is 394 g/mol. The van der Waals surface area contributed by atoms with E-state index < -0.39 is 0 Å². The van der Waals surface area contributed by atoms with Crippen molar-refractivity contribution in [2.24, 2.45) is 4.99 Å². The Bertz CT molecular complexity index is 917. The molecule has 0 fully saturated rings. The number of hydrogen-bond donors (Lipinski definition) is 2. The molecule has 0 amide bonds. The Morgan fingerprint density at radius 3 is 2.59 bits per heavy atom. The maximum atomic E-state index is 13.2. The third-order valence-electron chi connectivity index (χ3n) is 4.70. The van der Waals surface area contributed by atoms with Crippen LogP contribution in [0.25, 0.3) is 0 Å². The third-order valence-corrected chi connectivity index (χ3v) is 4.70. The van der Waals surface area contributed by atoms with Crippen molar-refractivity contribution in [1.82, 2.24) is 20.2 Å². The highest BCUT2D eigenvalue weighted by atomic mass is 19.1. The molecule has 2 N–H and O–H groups in total. The van der Waals surface area contributed by atoms with Crippen LogP contribution >= 0.6 is 0 Å². The lowest BCUT2D eigenvalue weighted by Gasteiger charge is -2.12. The number of guanidine groups is 1. The minimum Gasteiger partial charge on any atom is -0.357 e. The van der Waals surface area contributed by atoms with Crippen LogP contribution in [0, 0.1) is 12.7 Å². The molecule has 0 saturated heterocycles. The summed E-state index contributed by atoms with van der Waals surface area (Å²) < 4.78 is 15.3. The van der Waals surface area contributed by atoms with Crippen molar-refractivity contribution in [1.29, 1.82) is 0 Å². The molecule has 0 spiro atoms. The van der Waals surface area contributed by atoms with Crippen LogP contribution in [-0.4, -0.2) is 28.6 Å². The number of aliphatic imine (C=N–C) groups is 1. The second-order valence-electron chi connectivity index (χ2n) is 6.99. The number of imidazole rings is 1. The smallest absolute Gasteiger partial charge is 0.191 e. The van der Waals surface area contributed by atoms with Crippen LogP contribution in [0.5, 0.6) is 0 Å². The van der Waals surface area contributed by atoms with Crippen LogP contribution in [-0.2, 0) is 19.5 Å². The summed E-state index contributed by atoms with van der Waals surface area (Å²) in [5.41, 5.74) is 4.51. The summed E-state index contributed by atoms with van der Waals surface area (Å²) in [6.45, 7) is 6.95. The molecule has 1 heterocycles. The van der Waals surface area contributed by atoms with Crippen molar-refractivity contribution in [3.8, 4) is 0 Å². The third kappa shape index (κ3) is 6.45. The normalized spacial score (nSPS) is 11.5. The van der Waals surface area contributed by atoms with Crippen LogP contribution in [0.1, 0.15) is 29.2 Å². The van der Waals surface area contributed by atoms with Gasteiger partial charge in [-0.1, -0.05) is 30.3 Å². The van der Waals surface area contributed by atoms with Gasteiger partial charge in [-0.3, -0.25) is 0 Å². The van der Waals surface area contributed by atoms with Crippen molar-refractivity contribution in [2.45, 2.75) is 33.4 Å². The highest BCUT2D eigenvalue weighted by Gasteiger charge is 2.02. The summed E-state index contributed by atoms with van der Waals surface area (Å²) in [6, 6.07) is 13.4. The predicted octanol–water partition coefficient (Wildman–Crippen LogP) is 3.68. The largest absolute Gasteiger partial charge is 0.357 e. The molecule has 2 aromatic carbocycles. The molecular weight excluding hydrogens is 365 g/mol. The number of aromatic nitrogens is 2. The quantitative estimate of drug-likeness (QED) is 0.453. The standard InChI is InChI=1S/C23H28FN5/c1-3-26-23(27-11-10-21-8-9-22(24)14-18(21)2)28-15-19-4-6-20(7-5-19)16-29-13-12-25-17-29/h4-9,12-14,17H,3,10-11,15-16H2,1-2H3,(H2,26,27,28). The van der Waals surface area contributed by atoms with Crippen molar-refractivity contribution in [2.75, 3.05) is 13.1 Å². The molecule has 0 radical (unpaired) electrons. The zero-order valence-electron chi connectivity index (χ0n) is 17.0. The molecule has 3 aromatic rings. The van der Waals surface area contributed by atoms with E-state index in [-0.39, 0.29) is 5.82 Å². The van der Waals surface area contributed by atoms with E-state index in [1.165, 1.54) is 11.6 Å². The monoisotopic (exact) mass is 393 g/mol. The van der Waals surface area contributed by atoms with Crippen molar-refractivity contribution in [3.05, 3.63) is 89.3 Å². The number of hydrogen-bond acceptors (Lipinski definition) is 2. The van der Waals surface area contributed by atoms with E-state index in [4.69, 9.17) is 0 Å². The van der Waals surface area contributed by atoms with Crippen molar-refractivity contribution >= 4 is 5.96 Å². The first-order valence-corrected chi connectivity index (χ1v) is 9.95. The molecule has 3 rings (SSSR count). The van der Waals surface area contributed by atoms with Gasteiger partial charge in [-0.15, -0.1) is 0 Å². The Labute approximate surface area is 171 Å². The Kier molecular flexibility index (Phi) is 7.39. The summed E-state index contributed by atoms with van der Waals surface area (Å²) in [4.78, 5) is 8.75. The number of rotatable bonds is 8. The molecule has 29 heavy (non-hydrogen) atoms. The fourth-order valence-corrected chi connectivity index (χ4v) is 3.11. The molecule has 152 valence electrons. The van der Waals surface area contributed by atoms with Gasteiger partial charge in [0.15, 0.2) is 5.96 Å². The molecule has 6 heteroatoms. The maximum Gasteiger partial charge on any atom is 0.191 e. The van der Waals surface area contributed by atoms with Gasteiger partial charge in [0, 0.05) is 32.0 Å². The lowest BCUT2D eigenvalue weighted by molar-refractivity contribution is 0.625. The fourth-order valence-electron chi connectivity index (χ4n) is 3.11. The minimum absolute atomic E-state index is 0.190. The molecule has 0 bridgehead atoms. The van der Waals surface area contributed by atoms with Gasteiger partial charge < -0.3 is 15.2 Å². The molecule has 0 aliphatic heterocycles. The van der Waals surface area contributed by atoms with Gasteiger partial charge in [0.05, 0.1) is 12.9 Å². The Balaban J connectivity index is 1.52. The first-order chi connectivity index (χ1) is 14.1. The fraction of sp³-hybridized carbons (Fsp3) is 0.304. The van der Waals surface area contributed by atoms with Gasteiger partial charge >= 0.3 is 0 Å². The van der Waals surface area contributed by atoms with Gasteiger partial charge in [0.1, 0.15) is 5.82 Å². The average Bonchev–Trinajstić information content (AvgIpc) is 3.22. The summed E-state index contributed by atoms with van der Waals surface area (Å²) in [6.07, 6.45) is 6.38. The highest BCUT2D eigenvalue weighted by molar-refractivity contribution is 5.79. The van der Waals surface area contributed by atoms with Crippen LogP contribution < -0.4 is 10.6 Å². The lowest BCUT2D eigenvalue weighted by Crippen LogP contribution is -2.38. The van der Waals surface area contributed by atoms with Crippen molar-refractivity contribution in [3.63, 3.8) is 0 Å². The number of nitrogens with zero attached hydrogens (tertiary/aromatic N) is 3. The van der Waals surface area contributed by atoms with E-state index in [9.17, 15) is 4.39 Å². The number of halogens is 1. The van der Waals surface area contributed by atoms with Crippen LogP contribution in [0.2, 0.25) is 0 Å². The summed E-state index contributed by atoms with van der Waals surface area (Å²) in [7, 11) is 0. The molecule has 0 unspecified atom stereocenters. The van der Waals surface area contributed by atoms with Gasteiger partial charge in [-0.25, -0.2) is 14.4 Å². The number of benzene rings is 2. The molecule has 5 nitrogen and oxygen atoms in total. The first-order valence-electron chi connectivity index (χ1n) is 9.95. The van der Waals surface area contributed by atoms with Gasteiger partial charge in [0.2, 0.25) is 0 Å². The van der Waals surface area contributed by atoms with E-state index in [0.29, 0.717) is 6.54 Å².